The van der Waals surface area contributed by atoms with E-state index in [-0.39, 0.29) is 0 Å². The van der Waals surface area contributed by atoms with Crippen molar-refractivity contribution in [1.82, 2.24) is 9.97 Å². The van der Waals surface area contributed by atoms with Gasteiger partial charge < -0.3 is 19.6 Å². The van der Waals surface area contributed by atoms with Crippen LogP contribution in [0.4, 0.5) is 5.82 Å². The van der Waals surface area contributed by atoms with Crippen LogP contribution in [0.25, 0.3) is 0 Å². The molecular formula is C10H18N4O3. The first-order valence-electron chi connectivity index (χ1n) is 5.35. The topological polar surface area (TPSA) is 91.5 Å². The quantitative estimate of drug-likeness (QED) is 0.363. The van der Waals surface area contributed by atoms with Crippen molar-refractivity contribution in [3.63, 3.8) is 0 Å². The van der Waals surface area contributed by atoms with Crippen molar-refractivity contribution in [3.05, 3.63) is 12.4 Å². The zero-order chi connectivity index (χ0) is 12.3. The molecule has 1 heterocycles. The Hall–Kier alpha value is -1.44. The molecule has 3 N–H and O–H groups in total. The van der Waals surface area contributed by atoms with Crippen LogP contribution in [-0.2, 0) is 9.47 Å². The van der Waals surface area contributed by atoms with E-state index in [9.17, 15) is 0 Å². The third kappa shape index (κ3) is 6.00. The fourth-order valence-corrected chi connectivity index (χ4v) is 1.10. The van der Waals surface area contributed by atoms with Crippen molar-refractivity contribution in [3.8, 4) is 5.88 Å². The number of rotatable bonds is 9. The summed E-state index contributed by atoms with van der Waals surface area (Å²) in [6.07, 6.45) is 3.91. The van der Waals surface area contributed by atoms with Crippen molar-refractivity contribution in [1.29, 1.82) is 0 Å². The van der Waals surface area contributed by atoms with Crippen LogP contribution in [0.5, 0.6) is 5.88 Å². The Morgan fingerprint density at radius 2 is 2.12 bits per heavy atom. The van der Waals surface area contributed by atoms with Crippen molar-refractivity contribution >= 4 is 5.82 Å². The highest BCUT2D eigenvalue weighted by Crippen LogP contribution is 2.07. The average Bonchev–Trinajstić information content (AvgIpc) is 2.38. The molecule has 0 fully saturated rings. The number of aromatic nitrogens is 2. The second-order valence-electron chi connectivity index (χ2n) is 3.19. The van der Waals surface area contributed by atoms with Gasteiger partial charge in [0.1, 0.15) is 6.61 Å². The first-order valence-corrected chi connectivity index (χ1v) is 5.35. The molecule has 96 valence electrons. The standard InChI is InChI=1S/C10H18N4O3/c1-15-3-2-4-16-5-6-17-10-8-12-7-9(13-10)14-11/h7-8H,2-6,11H2,1H3,(H,13,14). The van der Waals surface area contributed by atoms with Gasteiger partial charge in [0.15, 0.2) is 5.82 Å². The Balaban J connectivity index is 2.09. The van der Waals surface area contributed by atoms with Crippen LogP contribution in [0.1, 0.15) is 6.42 Å². The van der Waals surface area contributed by atoms with Gasteiger partial charge in [0.2, 0.25) is 5.88 Å². The van der Waals surface area contributed by atoms with Gasteiger partial charge >= 0.3 is 0 Å². The zero-order valence-corrected chi connectivity index (χ0v) is 9.89. The third-order valence-corrected chi connectivity index (χ3v) is 1.88. The van der Waals surface area contributed by atoms with Gasteiger partial charge in [0.25, 0.3) is 0 Å². The number of nitrogens with zero attached hydrogens (tertiary/aromatic N) is 2. The molecule has 0 bridgehead atoms. The van der Waals surface area contributed by atoms with Crippen LogP contribution in [-0.4, -0.2) is 43.5 Å². The molecule has 1 rings (SSSR count). The summed E-state index contributed by atoms with van der Waals surface area (Å²) in [4.78, 5) is 7.95. The summed E-state index contributed by atoms with van der Waals surface area (Å²) in [7, 11) is 1.67. The molecule has 0 unspecified atom stereocenters. The van der Waals surface area contributed by atoms with Gasteiger partial charge in [0, 0.05) is 20.3 Å². The Morgan fingerprint density at radius 1 is 1.24 bits per heavy atom. The van der Waals surface area contributed by atoms with Crippen LogP contribution in [0.2, 0.25) is 0 Å². The summed E-state index contributed by atoms with van der Waals surface area (Å²) in [5.41, 5.74) is 2.39. The first kappa shape index (κ1) is 13.6. The fourth-order valence-electron chi connectivity index (χ4n) is 1.10. The predicted molar refractivity (Wildman–Crippen MR) is 62.6 cm³/mol. The van der Waals surface area contributed by atoms with E-state index >= 15 is 0 Å². The van der Waals surface area contributed by atoms with Gasteiger partial charge in [-0.25, -0.2) is 5.84 Å². The fraction of sp³-hybridized carbons (Fsp3) is 0.600. The second kappa shape index (κ2) is 8.68. The number of anilines is 1. The summed E-state index contributed by atoms with van der Waals surface area (Å²) in [5, 5.41) is 0. The summed E-state index contributed by atoms with van der Waals surface area (Å²) in [6, 6.07) is 0. The molecule has 1 aromatic rings. The molecule has 0 radical (unpaired) electrons. The van der Waals surface area contributed by atoms with E-state index in [1.165, 1.54) is 12.4 Å². The van der Waals surface area contributed by atoms with Crippen molar-refractivity contribution < 1.29 is 14.2 Å². The molecule has 7 nitrogen and oxygen atoms in total. The van der Waals surface area contributed by atoms with Gasteiger partial charge in [-0.1, -0.05) is 0 Å². The van der Waals surface area contributed by atoms with E-state index in [1.807, 2.05) is 0 Å². The molecular weight excluding hydrogens is 224 g/mol. The molecule has 0 saturated heterocycles. The van der Waals surface area contributed by atoms with Crippen molar-refractivity contribution in [2.24, 2.45) is 5.84 Å². The third-order valence-electron chi connectivity index (χ3n) is 1.88. The van der Waals surface area contributed by atoms with Crippen LogP contribution >= 0.6 is 0 Å². The minimum Gasteiger partial charge on any atom is -0.474 e. The first-order chi connectivity index (χ1) is 8.36. The molecule has 0 amide bonds. The molecule has 17 heavy (non-hydrogen) atoms. The molecule has 0 aliphatic rings. The van der Waals surface area contributed by atoms with Crippen LogP contribution < -0.4 is 16.0 Å². The molecule has 0 atom stereocenters. The van der Waals surface area contributed by atoms with Gasteiger partial charge in [-0.05, 0) is 6.42 Å². The number of methoxy groups -OCH3 is 1. The Labute approximate surface area is 100 Å². The number of hydrazine groups is 1. The number of nitrogens with one attached hydrogen (secondary N) is 1. The molecule has 0 saturated carbocycles. The lowest BCUT2D eigenvalue weighted by atomic mass is 10.5. The number of ether oxygens (including phenoxy) is 3. The monoisotopic (exact) mass is 242 g/mol. The number of hydrogen-bond donors (Lipinski definition) is 2. The maximum absolute atomic E-state index is 5.33. The van der Waals surface area contributed by atoms with E-state index in [0.717, 1.165) is 6.42 Å². The highest BCUT2D eigenvalue weighted by atomic mass is 16.5. The average molecular weight is 242 g/mol. The molecule has 0 aromatic carbocycles. The van der Waals surface area contributed by atoms with E-state index in [1.54, 1.807) is 7.11 Å². The normalized spacial score (nSPS) is 10.2. The Bertz CT molecular complexity index is 311. The lowest BCUT2D eigenvalue weighted by Crippen LogP contribution is -2.12. The minimum atomic E-state index is 0.418. The predicted octanol–water partition coefficient (Wildman–Crippen LogP) is 0.194. The lowest BCUT2D eigenvalue weighted by Gasteiger charge is -2.06. The van der Waals surface area contributed by atoms with E-state index < -0.39 is 0 Å². The summed E-state index contributed by atoms with van der Waals surface area (Å²) in [6.45, 7) is 2.30. The van der Waals surface area contributed by atoms with E-state index in [0.29, 0.717) is 38.1 Å². The van der Waals surface area contributed by atoms with Crippen LogP contribution in [0.15, 0.2) is 12.4 Å². The molecule has 0 aliphatic heterocycles. The molecule has 7 heteroatoms. The number of nitrogens with two attached hydrogens (primary N) is 1. The van der Waals surface area contributed by atoms with Gasteiger partial charge in [-0.3, -0.25) is 4.98 Å². The zero-order valence-electron chi connectivity index (χ0n) is 9.89. The second-order valence-corrected chi connectivity index (χ2v) is 3.19. The Kier molecular flexibility index (Phi) is 6.96. The maximum Gasteiger partial charge on any atom is 0.234 e. The summed E-state index contributed by atoms with van der Waals surface area (Å²) >= 11 is 0. The largest absolute Gasteiger partial charge is 0.474 e. The lowest BCUT2D eigenvalue weighted by molar-refractivity contribution is 0.0795. The Morgan fingerprint density at radius 3 is 2.88 bits per heavy atom. The summed E-state index contributed by atoms with van der Waals surface area (Å²) < 4.78 is 15.5. The van der Waals surface area contributed by atoms with E-state index in [2.05, 4.69) is 15.4 Å². The van der Waals surface area contributed by atoms with Crippen LogP contribution in [0.3, 0.4) is 0 Å². The maximum atomic E-state index is 5.33. The minimum absolute atomic E-state index is 0.418. The highest BCUT2D eigenvalue weighted by Gasteiger charge is 1.98. The van der Waals surface area contributed by atoms with Crippen LogP contribution in [0, 0.1) is 0 Å². The summed E-state index contributed by atoms with van der Waals surface area (Å²) in [5.74, 6) is 6.08. The molecule has 0 aliphatic carbocycles. The molecule has 1 aromatic heterocycles. The highest BCUT2D eigenvalue weighted by molar-refractivity contribution is 5.31. The van der Waals surface area contributed by atoms with Gasteiger partial charge in [0.05, 0.1) is 19.0 Å². The van der Waals surface area contributed by atoms with Gasteiger partial charge in [-0.2, -0.15) is 4.98 Å². The number of hydrogen-bond acceptors (Lipinski definition) is 7. The SMILES string of the molecule is COCCCOCCOc1cncc(NN)n1. The van der Waals surface area contributed by atoms with E-state index in [4.69, 9.17) is 20.1 Å². The van der Waals surface area contributed by atoms with Crippen molar-refractivity contribution in [2.75, 3.05) is 39.0 Å². The molecule has 0 spiro atoms. The number of nitrogen functional groups attached to an aromatic ring is 1. The smallest absolute Gasteiger partial charge is 0.234 e. The van der Waals surface area contributed by atoms with Gasteiger partial charge in [-0.15, -0.1) is 0 Å². The van der Waals surface area contributed by atoms with Crippen molar-refractivity contribution in [2.45, 2.75) is 6.42 Å².